The van der Waals surface area contributed by atoms with Gasteiger partial charge in [-0.2, -0.15) is 0 Å². The maximum Gasteiger partial charge on any atom is 0.336 e. The molecule has 38 heavy (non-hydrogen) atoms. The van der Waals surface area contributed by atoms with Crippen LogP contribution in [-0.2, 0) is 14.3 Å². The number of nitrogens with one attached hydrogen (secondary N) is 1. The maximum atomic E-state index is 13.9. The van der Waals surface area contributed by atoms with E-state index in [-0.39, 0.29) is 17.8 Å². The molecular weight excluding hydrogens is 482 g/mol. The number of methoxy groups -OCH3 is 2. The number of carbonyl (C=O) groups is 2. The average Bonchev–Trinajstić information content (AvgIpc) is 2.90. The second-order valence-corrected chi connectivity index (χ2v) is 9.97. The molecule has 2 atom stereocenters. The Balaban J connectivity index is 1.80. The topological polar surface area (TPSA) is 83.1 Å². The Morgan fingerprint density at radius 1 is 1.03 bits per heavy atom. The van der Waals surface area contributed by atoms with E-state index in [9.17, 15) is 9.59 Å². The minimum absolute atomic E-state index is 0.00354. The first kappa shape index (κ1) is 27.3. The number of ether oxygens (including phenoxy) is 4. The van der Waals surface area contributed by atoms with E-state index in [4.69, 9.17) is 18.9 Å². The first-order valence-corrected chi connectivity index (χ1v) is 13.2. The van der Waals surface area contributed by atoms with Crippen molar-refractivity contribution in [2.45, 2.75) is 64.9 Å². The highest BCUT2D eigenvalue weighted by Gasteiger charge is 2.42. The van der Waals surface area contributed by atoms with Crippen molar-refractivity contribution in [1.29, 1.82) is 0 Å². The van der Waals surface area contributed by atoms with E-state index < -0.39 is 11.9 Å². The smallest absolute Gasteiger partial charge is 0.336 e. The molecule has 0 fully saturated rings. The fourth-order valence-electron chi connectivity index (χ4n) is 5.32. The van der Waals surface area contributed by atoms with Gasteiger partial charge < -0.3 is 24.3 Å². The minimum Gasteiger partial charge on any atom is -0.493 e. The summed E-state index contributed by atoms with van der Waals surface area (Å²) in [6, 6.07) is 13.4. The number of para-hydroxylation sites is 1. The number of carbonyl (C=O) groups excluding carboxylic acids is 2. The zero-order valence-electron chi connectivity index (χ0n) is 23.1. The standard InChI is InChI=1S/C31H37NO6/c1-7-14-37-31(34)28-19(4)32-23-15-21(20-12-13-26(35-5)27(17-20)36-6)16-24(33)30(23)29(28)22-10-8-9-11-25(22)38-18(2)3/h8-13,17-18,21,29,32H,7,14-16H2,1-6H3/t21-,29+/m1/s1. The van der Waals surface area contributed by atoms with E-state index in [0.29, 0.717) is 60.0 Å². The molecule has 2 aliphatic rings. The van der Waals surface area contributed by atoms with Gasteiger partial charge in [-0.05, 0) is 63.3 Å². The Morgan fingerprint density at radius 3 is 2.45 bits per heavy atom. The van der Waals surface area contributed by atoms with Gasteiger partial charge in [0.15, 0.2) is 17.3 Å². The van der Waals surface area contributed by atoms with Gasteiger partial charge in [0.25, 0.3) is 0 Å². The maximum absolute atomic E-state index is 13.9. The minimum atomic E-state index is -0.579. The molecule has 0 radical (unpaired) electrons. The fourth-order valence-corrected chi connectivity index (χ4v) is 5.32. The number of allylic oxidation sites excluding steroid dienone is 3. The van der Waals surface area contributed by atoms with Crippen LogP contribution in [0.3, 0.4) is 0 Å². The monoisotopic (exact) mass is 519 g/mol. The fraction of sp³-hybridized carbons (Fsp3) is 0.419. The summed E-state index contributed by atoms with van der Waals surface area (Å²) in [5, 5.41) is 3.41. The lowest BCUT2D eigenvalue weighted by Crippen LogP contribution is -2.36. The largest absolute Gasteiger partial charge is 0.493 e. The molecule has 1 aliphatic carbocycles. The summed E-state index contributed by atoms with van der Waals surface area (Å²) in [6.45, 7) is 8.06. The highest BCUT2D eigenvalue weighted by atomic mass is 16.5. The first-order chi connectivity index (χ1) is 18.3. The van der Waals surface area contributed by atoms with Gasteiger partial charge in [-0.15, -0.1) is 0 Å². The molecule has 0 bridgehead atoms. The van der Waals surface area contributed by atoms with E-state index in [1.807, 2.05) is 70.2 Å². The third kappa shape index (κ3) is 5.42. The molecule has 7 heteroatoms. The van der Waals surface area contributed by atoms with E-state index in [1.54, 1.807) is 14.2 Å². The van der Waals surface area contributed by atoms with Gasteiger partial charge in [0, 0.05) is 29.0 Å². The van der Waals surface area contributed by atoms with Crippen molar-refractivity contribution in [2.24, 2.45) is 0 Å². The molecule has 4 rings (SSSR count). The Labute approximate surface area is 224 Å². The number of benzene rings is 2. The summed E-state index contributed by atoms with van der Waals surface area (Å²) >= 11 is 0. The number of rotatable bonds is 9. The summed E-state index contributed by atoms with van der Waals surface area (Å²) in [4.78, 5) is 27.3. The second kappa shape index (κ2) is 11.8. The number of hydrogen-bond donors (Lipinski definition) is 1. The van der Waals surface area contributed by atoms with Gasteiger partial charge in [0.2, 0.25) is 0 Å². The van der Waals surface area contributed by atoms with Gasteiger partial charge >= 0.3 is 5.97 Å². The van der Waals surface area contributed by atoms with Crippen LogP contribution in [0.15, 0.2) is 65.0 Å². The van der Waals surface area contributed by atoms with Gasteiger partial charge in [-0.25, -0.2) is 4.79 Å². The van der Waals surface area contributed by atoms with Gasteiger partial charge in [-0.1, -0.05) is 31.2 Å². The Kier molecular flexibility index (Phi) is 8.45. The predicted octanol–water partition coefficient (Wildman–Crippen LogP) is 5.81. The SMILES string of the molecule is CCCOC(=O)C1=C(C)NC2=C(C(=O)C[C@H](c3ccc(OC)c(OC)c3)C2)[C@H]1c1ccccc1OC(C)C. The van der Waals surface area contributed by atoms with Crippen LogP contribution in [-0.4, -0.2) is 38.7 Å². The first-order valence-electron chi connectivity index (χ1n) is 13.2. The molecule has 2 aromatic rings. The quantitative estimate of drug-likeness (QED) is 0.419. The lowest BCUT2D eigenvalue weighted by Gasteiger charge is -2.37. The van der Waals surface area contributed by atoms with Crippen molar-refractivity contribution in [2.75, 3.05) is 20.8 Å². The van der Waals surface area contributed by atoms with E-state index >= 15 is 0 Å². The van der Waals surface area contributed by atoms with Crippen LogP contribution in [0, 0.1) is 0 Å². The van der Waals surface area contributed by atoms with Crippen molar-refractivity contribution < 1.29 is 28.5 Å². The summed E-state index contributed by atoms with van der Waals surface area (Å²) in [5.74, 6) is 0.888. The van der Waals surface area contributed by atoms with Crippen molar-refractivity contribution in [1.82, 2.24) is 5.32 Å². The molecule has 0 saturated heterocycles. The number of Topliss-reactive ketones (excluding diaryl/α,β-unsaturated/α-hetero) is 1. The number of ketones is 1. The number of esters is 1. The van der Waals surface area contributed by atoms with E-state index in [2.05, 4.69) is 5.32 Å². The molecule has 1 heterocycles. The molecule has 202 valence electrons. The van der Waals surface area contributed by atoms with Crippen LogP contribution >= 0.6 is 0 Å². The molecule has 1 N–H and O–H groups in total. The molecule has 0 aromatic heterocycles. The Bertz CT molecular complexity index is 1270. The molecule has 2 aromatic carbocycles. The number of dihydropyridines is 1. The zero-order chi connectivity index (χ0) is 27.4. The third-order valence-corrected chi connectivity index (χ3v) is 6.96. The van der Waals surface area contributed by atoms with Gasteiger partial charge in [-0.3, -0.25) is 4.79 Å². The molecule has 7 nitrogen and oxygen atoms in total. The summed E-state index contributed by atoms with van der Waals surface area (Å²) in [5.41, 5.74) is 4.37. The van der Waals surface area contributed by atoms with Crippen LogP contribution in [0.2, 0.25) is 0 Å². The lowest BCUT2D eigenvalue weighted by atomic mass is 9.71. The summed E-state index contributed by atoms with van der Waals surface area (Å²) in [7, 11) is 3.20. The van der Waals surface area contributed by atoms with Crippen LogP contribution in [0.25, 0.3) is 0 Å². The molecule has 1 aliphatic heterocycles. The molecule has 0 amide bonds. The molecule has 0 spiro atoms. The predicted molar refractivity (Wildman–Crippen MR) is 146 cm³/mol. The van der Waals surface area contributed by atoms with Crippen molar-refractivity contribution >= 4 is 11.8 Å². The van der Waals surface area contributed by atoms with Crippen LogP contribution in [0.5, 0.6) is 17.2 Å². The summed E-state index contributed by atoms with van der Waals surface area (Å²) < 4.78 is 22.6. The number of hydrogen-bond acceptors (Lipinski definition) is 7. The van der Waals surface area contributed by atoms with E-state index in [1.165, 1.54) is 0 Å². The normalized spacial score (nSPS) is 19.2. The van der Waals surface area contributed by atoms with Crippen molar-refractivity contribution in [3.63, 3.8) is 0 Å². The van der Waals surface area contributed by atoms with Crippen molar-refractivity contribution in [3.05, 3.63) is 76.1 Å². The van der Waals surface area contributed by atoms with Crippen molar-refractivity contribution in [3.8, 4) is 17.2 Å². The Morgan fingerprint density at radius 2 is 1.76 bits per heavy atom. The highest BCUT2D eigenvalue weighted by Crippen LogP contribution is 2.48. The van der Waals surface area contributed by atoms with Gasteiger partial charge in [0.05, 0.1) is 38.4 Å². The Hall–Kier alpha value is -3.74. The molecule has 0 saturated carbocycles. The average molecular weight is 520 g/mol. The lowest BCUT2D eigenvalue weighted by molar-refractivity contribution is -0.139. The van der Waals surface area contributed by atoms with Gasteiger partial charge in [0.1, 0.15) is 5.75 Å². The highest BCUT2D eigenvalue weighted by molar-refractivity contribution is 6.04. The van der Waals surface area contributed by atoms with Crippen LogP contribution in [0.4, 0.5) is 0 Å². The van der Waals surface area contributed by atoms with Crippen LogP contribution < -0.4 is 19.5 Å². The van der Waals surface area contributed by atoms with Crippen LogP contribution in [0.1, 0.15) is 69.9 Å². The summed E-state index contributed by atoms with van der Waals surface area (Å²) in [6.07, 6.45) is 1.58. The zero-order valence-corrected chi connectivity index (χ0v) is 23.1. The third-order valence-electron chi connectivity index (χ3n) is 6.96. The second-order valence-electron chi connectivity index (χ2n) is 9.97. The molecule has 0 unspecified atom stereocenters. The molecular formula is C31H37NO6. The van der Waals surface area contributed by atoms with E-state index in [0.717, 1.165) is 16.8 Å².